The molecular weight excluding hydrogens is 1200 g/mol. The first-order valence-electron chi connectivity index (χ1n) is 21.4. The minimum atomic E-state index is -0.278. The van der Waals surface area contributed by atoms with Gasteiger partial charge in [0.25, 0.3) is 0 Å². The summed E-state index contributed by atoms with van der Waals surface area (Å²) in [6.07, 6.45) is 10.3. The molecule has 1 atom stereocenters. The largest absolute Gasteiger partial charge is 0.507 e. The maximum Gasteiger partial charge on any atom is 0.156 e. The van der Waals surface area contributed by atoms with Crippen LogP contribution in [0.5, 0.6) is 5.75 Å². The first-order chi connectivity index (χ1) is 31.4. The molecule has 0 saturated heterocycles. The second-order valence-corrected chi connectivity index (χ2v) is 15.1. The van der Waals surface area contributed by atoms with Crippen molar-refractivity contribution in [3.05, 3.63) is 199 Å². The summed E-state index contributed by atoms with van der Waals surface area (Å²) in [6, 6.07) is 46.5. The summed E-state index contributed by atoms with van der Waals surface area (Å²) in [5.41, 5.74) is 8.17. The van der Waals surface area contributed by atoms with Crippen LogP contribution in [0.3, 0.4) is 0 Å². The van der Waals surface area contributed by atoms with Crippen molar-refractivity contribution in [2.45, 2.75) is 53.4 Å². The van der Waals surface area contributed by atoms with E-state index in [1.165, 1.54) is 56.7 Å². The number of ketones is 2. The molecule has 7 aromatic rings. The van der Waals surface area contributed by atoms with E-state index >= 15 is 0 Å². The van der Waals surface area contributed by atoms with Crippen LogP contribution in [0.1, 0.15) is 64.5 Å². The molecule has 0 aliphatic heterocycles. The van der Waals surface area contributed by atoms with Gasteiger partial charge in [-0.3, -0.25) is 18.4 Å². The van der Waals surface area contributed by atoms with Crippen molar-refractivity contribution in [2.24, 2.45) is 5.92 Å². The van der Waals surface area contributed by atoms with Gasteiger partial charge in [0.05, 0.1) is 6.61 Å². The van der Waals surface area contributed by atoms with Crippen LogP contribution in [-0.2, 0) is 49.8 Å². The number of aliphatic hydroxyl groups excluding tert-OH is 2. The van der Waals surface area contributed by atoms with Crippen molar-refractivity contribution in [3.8, 4) is 50.5 Å². The molecule has 2 radical (unpaired) electrons. The van der Waals surface area contributed by atoms with Crippen molar-refractivity contribution in [1.82, 2.24) is 9.97 Å². The van der Waals surface area contributed by atoms with Gasteiger partial charge in [-0.15, -0.1) is 59.7 Å². The Balaban J connectivity index is 0.000000342. The molecule has 0 spiro atoms. The van der Waals surface area contributed by atoms with Crippen LogP contribution in [0, 0.1) is 29.7 Å². The number of aromatic nitrogens is 2. The van der Waals surface area contributed by atoms with E-state index in [4.69, 9.17) is 4.74 Å². The van der Waals surface area contributed by atoms with Gasteiger partial charge in [0.2, 0.25) is 0 Å². The van der Waals surface area contributed by atoms with Crippen LogP contribution in [0.25, 0.3) is 56.3 Å². The number of hydrogen-bond acceptors (Lipinski definition) is 7. The molecule has 2 aromatic heterocycles. The third kappa shape index (κ3) is 17.8. The monoisotopic (exact) mass is 1260 g/mol. The Morgan fingerprint density at radius 1 is 0.642 bits per heavy atom. The zero-order valence-corrected chi connectivity index (χ0v) is 42.4. The average molecular weight is 1260 g/mol. The van der Waals surface area contributed by atoms with Crippen molar-refractivity contribution >= 4 is 23.1 Å². The quantitative estimate of drug-likeness (QED) is 0.0598. The summed E-state index contributed by atoms with van der Waals surface area (Å²) in [7, 11) is 0. The van der Waals surface area contributed by atoms with E-state index in [-0.39, 0.29) is 74.9 Å². The zero-order chi connectivity index (χ0) is 46.6. The topological polar surface area (TPSA) is 110 Å². The Morgan fingerprint density at radius 2 is 1.12 bits per heavy atom. The average Bonchev–Trinajstić information content (AvgIpc) is 3.33. The molecule has 1 unspecified atom stereocenters. The fourth-order valence-electron chi connectivity index (χ4n) is 6.55. The number of benzene rings is 5. The van der Waals surface area contributed by atoms with Gasteiger partial charge in [-0.2, -0.15) is 0 Å². The Bertz CT molecular complexity index is 2560. The molecule has 2 heterocycles. The van der Waals surface area contributed by atoms with Crippen LogP contribution in [0.2, 0.25) is 0 Å². The summed E-state index contributed by atoms with van der Waals surface area (Å²) in [5, 5.41) is 20.3. The number of ether oxygens (including phenoxy) is 1. The number of nitrogens with zero attached hydrogens (tertiary/aromatic N) is 2. The van der Waals surface area contributed by atoms with Gasteiger partial charge < -0.3 is 24.9 Å². The Labute approximate surface area is 419 Å². The van der Waals surface area contributed by atoms with Gasteiger partial charge in [-0.25, -0.2) is 0 Å². The van der Waals surface area contributed by atoms with Gasteiger partial charge in [0.15, 0.2) is 11.6 Å². The van der Waals surface area contributed by atoms with E-state index in [2.05, 4.69) is 35.9 Å². The minimum Gasteiger partial charge on any atom is -0.507 e. The molecule has 0 aliphatic rings. The normalized spacial score (nSPS) is 11.3. The standard InChI is InChI=1S/C34H38O5.2C11H7FN.2Ir/c1-5-7-8-25(6-2)22-39-34-21-30(26-9-13-28(14-10-26)32(37)19-23(3)35)17-18-31(34)27-11-15-29(16-12-27)33(38)20-24(4)36;2*12-10-6-4-9(5-7-10)11-3-1-2-8-13-11;;/h9-21,25,37-38H,5-8,22H2,1-4H3;2*1-4,6-8H;;/q;2*-1;;/b32-19-,33-20-;;;;. The summed E-state index contributed by atoms with van der Waals surface area (Å²) in [4.78, 5) is 30.9. The molecule has 0 fully saturated rings. The van der Waals surface area contributed by atoms with Crippen molar-refractivity contribution < 1.29 is 73.5 Å². The van der Waals surface area contributed by atoms with Crippen molar-refractivity contribution in [1.29, 1.82) is 0 Å². The van der Waals surface area contributed by atoms with E-state index in [0.29, 0.717) is 23.7 Å². The van der Waals surface area contributed by atoms with Gasteiger partial charge in [-0.05, 0) is 72.5 Å². The summed E-state index contributed by atoms with van der Waals surface area (Å²) < 4.78 is 31.5. The van der Waals surface area contributed by atoms with Crippen molar-refractivity contribution in [3.63, 3.8) is 0 Å². The fraction of sp³-hybridized carbons (Fsp3) is 0.179. The Hall–Kier alpha value is -6.22. The number of pyridine rings is 2. The first kappa shape index (κ1) is 55.1. The number of halogens is 2. The van der Waals surface area contributed by atoms with Crippen LogP contribution in [-0.4, -0.2) is 38.4 Å². The molecule has 67 heavy (non-hydrogen) atoms. The van der Waals surface area contributed by atoms with E-state index in [0.717, 1.165) is 69.8 Å². The molecular formula is C56H52F2Ir2N2O5-2. The number of hydrogen-bond donors (Lipinski definition) is 2. The number of carbonyl (C=O) groups excluding carboxylic acids is 2. The minimum absolute atomic E-state index is 0. The molecule has 0 saturated carbocycles. The predicted octanol–water partition coefficient (Wildman–Crippen LogP) is 14.0. The van der Waals surface area contributed by atoms with E-state index in [1.54, 1.807) is 48.8 Å². The summed E-state index contributed by atoms with van der Waals surface area (Å²) in [5.74, 6) is 0.133. The number of carbonyl (C=O) groups is 2. The second kappa shape index (κ2) is 28.7. The molecule has 11 heteroatoms. The van der Waals surface area contributed by atoms with Gasteiger partial charge in [0, 0.05) is 93.1 Å². The molecule has 350 valence electrons. The predicted molar refractivity (Wildman–Crippen MR) is 256 cm³/mol. The molecule has 7 nitrogen and oxygen atoms in total. The van der Waals surface area contributed by atoms with Gasteiger partial charge in [-0.1, -0.05) is 118 Å². The molecule has 0 amide bonds. The molecule has 5 aromatic carbocycles. The molecule has 2 N–H and O–H groups in total. The third-order valence-electron chi connectivity index (χ3n) is 10.1. The van der Waals surface area contributed by atoms with Crippen LogP contribution in [0.15, 0.2) is 164 Å². The number of aliphatic hydroxyl groups is 2. The molecule has 0 bridgehead atoms. The van der Waals surface area contributed by atoms with Gasteiger partial charge >= 0.3 is 0 Å². The Kier molecular flexibility index (Phi) is 23.6. The maximum absolute atomic E-state index is 12.6. The van der Waals surface area contributed by atoms with E-state index < -0.39 is 0 Å². The van der Waals surface area contributed by atoms with Crippen LogP contribution < -0.4 is 4.74 Å². The maximum atomic E-state index is 12.6. The second-order valence-electron chi connectivity index (χ2n) is 15.1. The van der Waals surface area contributed by atoms with Crippen LogP contribution >= 0.6 is 0 Å². The number of unbranched alkanes of at least 4 members (excludes halogenated alkanes) is 1. The van der Waals surface area contributed by atoms with E-state index in [9.17, 15) is 28.6 Å². The number of rotatable bonds is 15. The molecule has 0 aliphatic carbocycles. The van der Waals surface area contributed by atoms with Crippen molar-refractivity contribution in [2.75, 3.05) is 6.61 Å². The van der Waals surface area contributed by atoms with Gasteiger partial charge in [0.1, 0.15) is 17.3 Å². The molecule has 7 rings (SSSR count). The fourth-order valence-corrected chi connectivity index (χ4v) is 6.55. The summed E-state index contributed by atoms with van der Waals surface area (Å²) in [6.45, 7) is 7.81. The number of allylic oxidation sites excluding steroid dienone is 2. The zero-order valence-electron chi connectivity index (χ0n) is 37.6. The Morgan fingerprint density at radius 3 is 1.52 bits per heavy atom. The van der Waals surface area contributed by atoms with Crippen LogP contribution in [0.4, 0.5) is 8.78 Å². The SMILES string of the molecule is CCCCC(CC)COc1cc(-c2ccc(/C(O)=C/C(C)=O)cc2)ccc1-c1ccc(/C(O)=C/C(C)=O)cc1.Fc1c[c-]c(-c2ccccn2)cc1.Fc1c[c-]c(-c2ccccn2)cc1.[Ir].[Ir]. The smallest absolute Gasteiger partial charge is 0.156 e. The van der Waals surface area contributed by atoms with E-state index in [1.807, 2.05) is 78.9 Å². The first-order valence-corrected chi connectivity index (χ1v) is 21.4. The summed E-state index contributed by atoms with van der Waals surface area (Å²) >= 11 is 0. The third-order valence-corrected chi connectivity index (χ3v) is 10.1.